The van der Waals surface area contributed by atoms with Gasteiger partial charge in [0.1, 0.15) is 11.1 Å². The number of H-pyrrole nitrogens is 1. The largest absolute Gasteiger partial charge is 0.444 e. The zero-order chi connectivity index (χ0) is 18.4. The van der Waals surface area contributed by atoms with Crippen LogP contribution < -0.4 is 15.8 Å². The summed E-state index contributed by atoms with van der Waals surface area (Å²) in [5.74, 6) is 0.513. The summed E-state index contributed by atoms with van der Waals surface area (Å²) < 4.78 is 5.65. The number of nitrogens with one attached hydrogen (secondary N) is 2. The molecule has 0 saturated carbocycles. The minimum Gasteiger partial charge on any atom is -0.444 e. The van der Waals surface area contributed by atoms with Crippen molar-refractivity contribution in [1.29, 1.82) is 0 Å². The number of benzene rings is 1. The molecule has 3 aromatic rings. The predicted molar refractivity (Wildman–Crippen MR) is 99.7 cm³/mol. The summed E-state index contributed by atoms with van der Waals surface area (Å²) in [6.07, 6.45) is 0.913. The molecule has 1 aromatic carbocycles. The van der Waals surface area contributed by atoms with Gasteiger partial charge in [-0.1, -0.05) is 18.2 Å². The molecule has 1 amide bonds. The van der Waals surface area contributed by atoms with Crippen LogP contribution in [0.3, 0.4) is 0 Å². The van der Waals surface area contributed by atoms with Crippen LogP contribution in [0.25, 0.3) is 10.8 Å². The molecule has 0 bridgehead atoms. The van der Waals surface area contributed by atoms with Crippen LogP contribution in [-0.2, 0) is 11.2 Å². The van der Waals surface area contributed by atoms with E-state index in [1.807, 2.05) is 18.2 Å². The molecule has 1 atom stereocenters. The quantitative estimate of drug-likeness (QED) is 0.756. The number of aryl methyl sites for hydroxylation is 2. The molecular formula is C19H20N4O3. The normalized spacial score (nSPS) is 16.1. The van der Waals surface area contributed by atoms with Crippen LogP contribution in [0, 0.1) is 13.8 Å². The van der Waals surface area contributed by atoms with Crippen LogP contribution in [0.1, 0.15) is 23.9 Å². The Labute approximate surface area is 150 Å². The number of aromatic amines is 1. The highest BCUT2D eigenvalue weighted by Crippen LogP contribution is 2.32. The highest BCUT2D eigenvalue weighted by molar-refractivity contribution is 6.02. The summed E-state index contributed by atoms with van der Waals surface area (Å²) in [7, 11) is 0. The van der Waals surface area contributed by atoms with Crippen molar-refractivity contribution in [3.05, 3.63) is 51.6 Å². The standard InChI is InChI=1S/C19H20N4O3/c1-10-8-13-6-4-5-7-14(13)23(10)9-15(24)20-19-17-16(12(3)26-19)11(2)21-22-18(17)25/h4-7,10H,8-9H2,1-3H3,(H,20,24)(H,22,25)/t10-/m0/s1. The molecule has 2 aromatic heterocycles. The molecule has 0 fully saturated rings. The summed E-state index contributed by atoms with van der Waals surface area (Å²) in [6, 6.07) is 8.33. The number of carbonyl (C=O) groups excluding carboxylic acids is 1. The van der Waals surface area contributed by atoms with Gasteiger partial charge in [0.25, 0.3) is 5.56 Å². The summed E-state index contributed by atoms with van der Waals surface area (Å²) >= 11 is 0. The Hall–Kier alpha value is -3.09. The smallest absolute Gasteiger partial charge is 0.277 e. The highest BCUT2D eigenvalue weighted by Gasteiger charge is 2.28. The number of fused-ring (bicyclic) bond motifs is 2. The molecule has 1 aliphatic heterocycles. The monoisotopic (exact) mass is 352 g/mol. The average molecular weight is 352 g/mol. The average Bonchev–Trinajstić information content (AvgIpc) is 3.09. The van der Waals surface area contributed by atoms with Gasteiger partial charge in [-0.2, -0.15) is 5.10 Å². The lowest BCUT2D eigenvalue weighted by atomic mass is 10.1. The molecule has 0 aliphatic carbocycles. The van der Waals surface area contributed by atoms with Crippen molar-refractivity contribution in [2.24, 2.45) is 0 Å². The second-order valence-electron chi connectivity index (χ2n) is 6.73. The second-order valence-corrected chi connectivity index (χ2v) is 6.73. The van der Waals surface area contributed by atoms with Gasteiger partial charge in [0, 0.05) is 11.7 Å². The molecule has 0 saturated heterocycles. The van der Waals surface area contributed by atoms with Gasteiger partial charge in [-0.15, -0.1) is 0 Å². The lowest BCUT2D eigenvalue weighted by Gasteiger charge is -2.23. The van der Waals surface area contributed by atoms with E-state index in [2.05, 4.69) is 33.4 Å². The Kier molecular flexibility index (Phi) is 3.79. The Morgan fingerprint density at radius 3 is 2.92 bits per heavy atom. The maximum Gasteiger partial charge on any atom is 0.277 e. The van der Waals surface area contributed by atoms with Gasteiger partial charge in [-0.05, 0) is 38.8 Å². The number of hydrogen-bond acceptors (Lipinski definition) is 5. The topological polar surface area (TPSA) is 91.2 Å². The van der Waals surface area contributed by atoms with Crippen molar-refractivity contribution in [2.45, 2.75) is 33.2 Å². The minimum atomic E-state index is -0.377. The fourth-order valence-electron chi connectivity index (χ4n) is 3.72. The molecule has 1 aliphatic rings. The van der Waals surface area contributed by atoms with Crippen LogP contribution in [0.2, 0.25) is 0 Å². The first kappa shape index (κ1) is 16.4. The predicted octanol–water partition coefficient (Wildman–Crippen LogP) is 2.52. The summed E-state index contributed by atoms with van der Waals surface area (Å²) in [6.45, 7) is 5.83. The number of aromatic nitrogens is 2. The van der Waals surface area contributed by atoms with E-state index in [-0.39, 0.29) is 29.9 Å². The summed E-state index contributed by atoms with van der Waals surface area (Å²) in [5.41, 5.74) is 2.60. The third-order valence-electron chi connectivity index (χ3n) is 4.91. The van der Waals surface area contributed by atoms with Crippen molar-refractivity contribution in [1.82, 2.24) is 10.2 Å². The van der Waals surface area contributed by atoms with Gasteiger partial charge < -0.3 is 9.32 Å². The number of anilines is 2. The Morgan fingerprint density at radius 2 is 2.12 bits per heavy atom. The lowest BCUT2D eigenvalue weighted by Crippen LogP contribution is -2.37. The molecule has 0 radical (unpaired) electrons. The van der Waals surface area contributed by atoms with E-state index < -0.39 is 0 Å². The third kappa shape index (κ3) is 2.56. The number of para-hydroxylation sites is 1. The van der Waals surface area contributed by atoms with Crippen molar-refractivity contribution >= 4 is 28.3 Å². The summed E-state index contributed by atoms with van der Waals surface area (Å²) in [5, 5.41) is 10.1. The van der Waals surface area contributed by atoms with E-state index in [1.54, 1.807) is 13.8 Å². The molecule has 4 rings (SSSR count). The van der Waals surface area contributed by atoms with Crippen LogP contribution in [0.4, 0.5) is 11.6 Å². The maximum absolute atomic E-state index is 12.6. The Bertz CT molecular complexity index is 1070. The first-order valence-corrected chi connectivity index (χ1v) is 8.58. The molecule has 2 N–H and O–H groups in total. The van der Waals surface area contributed by atoms with Gasteiger partial charge in [-0.25, -0.2) is 5.10 Å². The van der Waals surface area contributed by atoms with Gasteiger partial charge >= 0.3 is 0 Å². The lowest BCUT2D eigenvalue weighted by molar-refractivity contribution is -0.115. The number of amides is 1. The number of nitrogens with zero attached hydrogens (tertiary/aromatic N) is 2. The van der Waals surface area contributed by atoms with Crippen LogP contribution in [-0.4, -0.2) is 28.7 Å². The number of rotatable bonds is 3. The van der Waals surface area contributed by atoms with Crippen LogP contribution in [0.15, 0.2) is 33.5 Å². The molecule has 0 spiro atoms. The third-order valence-corrected chi connectivity index (χ3v) is 4.91. The molecular weight excluding hydrogens is 332 g/mol. The molecule has 3 heterocycles. The van der Waals surface area contributed by atoms with Crippen LogP contribution in [0.5, 0.6) is 0 Å². The number of furan rings is 1. The molecule has 7 heteroatoms. The highest BCUT2D eigenvalue weighted by atomic mass is 16.4. The van der Waals surface area contributed by atoms with Crippen molar-refractivity contribution in [3.8, 4) is 0 Å². The van der Waals surface area contributed by atoms with E-state index in [1.165, 1.54) is 5.56 Å². The first-order chi connectivity index (χ1) is 12.5. The van der Waals surface area contributed by atoms with Gasteiger partial charge in [-0.3, -0.25) is 14.9 Å². The van der Waals surface area contributed by atoms with Gasteiger partial charge in [0.05, 0.1) is 17.6 Å². The van der Waals surface area contributed by atoms with Crippen molar-refractivity contribution in [2.75, 3.05) is 16.8 Å². The fourth-order valence-corrected chi connectivity index (χ4v) is 3.72. The summed E-state index contributed by atoms with van der Waals surface area (Å²) in [4.78, 5) is 26.9. The number of hydrogen-bond donors (Lipinski definition) is 2. The van der Waals surface area contributed by atoms with Crippen LogP contribution >= 0.6 is 0 Å². The van der Waals surface area contributed by atoms with Crippen molar-refractivity contribution in [3.63, 3.8) is 0 Å². The molecule has 134 valence electrons. The van der Waals surface area contributed by atoms with Crippen molar-refractivity contribution < 1.29 is 9.21 Å². The zero-order valence-corrected chi connectivity index (χ0v) is 14.9. The van der Waals surface area contributed by atoms with Gasteiger partial charge in [0.2, 0.25) is 11.8 Å². The van der Waals surface area contributed by atoms with E-state index >= 15 is 0 Å². The Morgan fingerprint density at radius 1 is 1.35 bits per heavy atom. The zero-order valence-electron chi connectivity index (χ0n) is 14.9. The number of carbonyl (C=O) groups is 1. The molecule has 26 heavy (non-hydrogen) atoms. The van der Waals surface area contributed by atoms with E-state index in [0.717, 1.165) is 12.1 Å². The SMILES string of the molecule is Cc1n[nH]c(=O)c2c(NC(=O)CN3c4ccccc4C[C@@H]3C)oc(C)c12. The van der Waals surface area contributed by atoms with E-state index in [9.17, 15) is 9.59 Å². The second kappa shape index (κ2) is 6.01. The maximum atomic E-state index is 12.6. The van der Waals surface area contributed by atoms with Gasteiger partial charge in [0.15, 0.2) is 0 Å². The minimum absolute atomic E-state index is 0.175. The molecule has 7 nitrogen and oxygen atoms in total. The Balaban J connectivity index is 1.61. The van der Waals surface area contributed by atoms with E-state index in [4.69, 9.17) is 4.42 Å². The first-order valence-electron chi connectivity index (χ1n) is 8.58. The fraction of sp³-hybridized carbons (Fsp3) is 0.316. The van der Waals surface area contributed by atoms with E-state index in [0.29, 0.717) is 22.2 Å². The molecule has 0 unspecified atom stereocenters.